The molecule has 0 bridgehead atoms. The largest absolute Gasteiger partial charge is 0.379 e. The number of hydrogen-bond acceptors (Lipinski definition) is 5. The lowest BCUT2D eigenvalue weighted by Crippen LogP contribution is -2.38. The van der Waals surface area contributed by atoms with Crippen LogP contribution in [0.1, 0.15) is 36.5 Å². The summed E-state index contributed by atoms with van der Waals surface area (Å²) in [6.45, 7) is 9.42. The predicted octanol–water partition coefficient (Wildman–Crippen LogP) is 1.88. The first-order valence-electron chi connectivity index (χ1n) is 10.7. The fourth-order valence-corrected chi connectivity index (χ4v) is 3.79. The zero-order valence-corrected chi connectivity index (χ0v) is 17.3. The van der Waals surface area contributed by atoms with E-state index in [0.717, 1.165) is 70.9 Å². The fourth-order valence-electron chi connectivity index (χ4n) is 3.79. The van der Waals surface area contributed by atoms with Crippen molar-refractivity contribution in [2.45, 2.75) is 26.2 Å². The van der Waals surface area contributed by atoms with Crippen molar-refractivity contribution in [3.63, 3.8) is 0 Å². The molecule has 29 heavy (non-hydrogen) atoms. The Balaban J connectivity index is 1.61. The maximum absolute atomic E-state index is 12.9. The standard InChI is InChI=1S/C21H33N5O3/c1-2-22-21(28)24-17-6-7-19(26-10-3-4-11-26)18(16-17)20(27)23-8-5-9-25-12-14-29-15-13-25/h6-7,16H,2-5,8-15H2,1H3,(H,23,27)(H2,22,24,28). The third-order valence-corrected chi connectivity index (χ3v) is 5.32. The second-order valence-electron chi connectivity index (χ2n) is 7.47. The quantitative estimate of drug-likeness (QED) is 0.577. The number of morpholine rings is 1. The minimum atomic E-state index is -0.265. The van der Waals surface area contributed by atoms with Crippen LogP contribution in [0.3, 0.4) is 0 Å². The predicted molar refractivity (Wildman–Crippen MR) is 115 cm³/mol. The van der Waals surface area contributed by atoms with E-state index >= 15 is 0 Å². The Kier molecular flexibility index (Phi) is 8.13. The van der Waals surface area contributed by atoms with Gasteiger partial charge in [-0.05, 0) is 50.9 Å². The third kappa shape index (κ3) is 6.33. The topological polar surface area (TPSA) is 85.9 Å². The van der Waals surface area contributed by atoms with Crippen molar-refractivity contribution >= 4 is 23.3 Å². The van der Waals surface area contributed by atoms with Crippen molar-refractivity contribution in [1.29, 1.82) is 0 Å². The summed E-state index contributed by atoms with van der Waals surface area (Å²) >= 11 is 0. The number of carbonyl (C=O) groups is 2. The lowest BCUT2D eigenvalue weighted by atomic mass is 10.1. The van der Waals surface area contributed by atoms with Crippen LogP contribution in [-0.2, 0) is 4.74 Å². The second-order valence-corrected chi connectivity index (χ2v) is 7.47. The molecule has 8 heteroatoms. The summed E-state index contributed by atoms with van der Waals surface area (Å²) in [4.78, 5) is 29.4. The number of benzene rings is 1. The molecule has 2 heterocycles. The summed E-state index contributed by atoms with van der Waals surface area (Å²) in [7, 11) is 0. The molecule has 3 amide bonds. The average molecular weight is 404 g/mol. The first-order chi connectivity index (χ1) is 14.2. The highest BCUT2D eigenvalue weighted by atomic mass is 16.5. The summed E-state index contributed by atoms with van der Waals surface area (Å²) in [5.74, 6) is -0.0894. The molecular formula is C21H33N5O3. The number of carbonyl (C=O) groups excluding carboxylic acids is 2. The number of rotatable bonds is 8. The van der Waals surface area contributed by atoms with Crippen molar-refractivity contribution < 1.29 is 14.3 Å². The zero-order valence-electron chi connectivity index (χ0n) is 17.3. The summed E-state index contributed by atoms with van der Waals surface area (Å²) in [6, 6.07) is 5.31. The van der Waals surface area contributed by atoms with Gasteiger partial charge in [-0.1, -0.05) is 0 Å². The molecule has 160 valence electrons. The molecule has 0 aliphatic carbocycles. The van der Waals surface area contributed by atoms with Gasteiger partial charge in [0.25, 0.3) is 5.91 Å². The van der Waals surface area contributed by atoms with Crippen molar-refractivity contribution in [3.8, 4) is 0 Å². The number of hydrogen-bond donors (Lipinski definition) is 3. The van der Waals surface area contributed by atoms with E-state index in [0.29, 0.717) is 24.3 Å². The van der Waals surface area contributed by atoms with E-state index in [2.05, 4.69) is 25.8 Å². The molecule has 2 fully saturated rings. The van der Waals surface area contributed by atoms with Crippen molar-refractivity contribution in [1.82, 2.24) is 15.5 Å². The van der Waals surface area contributed by atoms with Gasteiger partial charge in [-0.15, -0.1) is 0 Å². The number of nitrogens with zero attached hydrogens (tertiary/aromatic N) is 2. The van der Waals surface area contributed by atoms with Gasteiger partial charge >= 0.3 is 6.03 Å². The van der Waals surface area contributed by atoms with E-state index in [1.807, 2.05) is 19.1 Å². The molecule has 0 radical (unpaired) electrons. The summed E-state index contributed by atoms with van der Waals surface area (Å²) in [5, 5.41) is 8.57. The Morgan fingerprint density at radius 3 is 2.55 bits per heavy atom. The molecule has 1 aromatic rings. The molecule has 0 atom stereocenters. The first-order valence-corrected chi connectivity index (χ1v) is 10.7. The average Bonchev–Trinajstić information content (AvgIpc) is 3.26. The van der Waals surface area contributed by atoms with Crippen molar-refractivity contribution in [2.24, 2.45) is 0 Å². The number of nitrogens with one attached hydrogen (secondary N) is 3. The molecule has 0 aromatic heterocycles. The minimum Gasteiger partial charge on any atom is -0.379 e. The van der Waals surface area contributed by atoms with Gasteiger partial charge in [0.2, 0.25) is 0 Å². The second kappa shape index (κ2) is 11.0. The molecule has 3 rings (SSSR count). The van der Waals surface area contributed by atoms with E-state index in [-0.39, 0.29) is 11.9 Å². The SMILES string of the molecule is CCNC(=O)Nc1ccc(N2CCCC2)c(C(=O)NCCCN2CCOCC2)c1. The molecule has 0 spiro atoms. The Labute approximate surface area is 172 Å². The van der Waals surface area contributed by atoms with E-state index in [1.165, 1.54) is 0 Å². The molecule has 3 N–H and O–H groups in total. The minimum absolute atomic E-state index is 0.0894. The Hall–Kier alpha value is -2.32. The maximum atomic E-state index is 12.9. The van der Waals surface area contributed by atoms with Crippen LogP contribution in [0.5, 0.6) is 0 Å². The van der Waals surface area contributed by atoms with Crippen molar-refractivity contribution in [2.75, 3.05) is 69.2 Å². The molecule has 2 aliphatic heterocycles. The smallest absolute Gasteiger partial charge is 0.319 e. The molecule has 2 aliphatic rings. The van der Waals surface area contributed by atoms with E-state index in [4.69, 9.17) is 4.74 Å². The highest BCUT2D eigenvalue weighted by Gasteiger charge is 2.20. The monoisotopic (exact) mass is 403 g/mol. The van der Waals surface area contributed by atoms with Gasteiger partial charge < -0.3 is 25.6 Å². The Bertz CT molecular complexity index is 685. The van der Waals surface area contributed by atoms with Gasteiger partial charge in [0.05, 0.1) is 18.8 Å². The highest BCUT2D eigenvalue weighted by molar-refractivity contribution is 6.02. The lowest BCUT2D eigenvalue weighted by Gasteiger charge is -2.26. The van der Waals surface area contributed by atoms with Gasteiger partial charge in [-0.25, -0.2) is 4.79 Å². The van der Waals surface area contributed by atoms with Crippen LogP contribution in [0.2, 0.25) is 0 Å². The summed E-state index contributed by atoms with van der Waals surface area (Å²) in [6.07, 6.45) is 3.18. The fraction of sp³-hybridized carbons (Fsp3) is 0.619. The number of anilines is 2. The molecule has 0 unspecified atom stereocenters. The maximum Gasteiger partial charge on any atom is 0.319 e. The normalized spacial score (nSPS) is 17.2. The van der Waals surface area contributed by atoms with Crippen LogP contribution in [-0.4, -0.2) is 75.9 Å². The third-order valence-electron chi connectivity index (χ3n) is 5.32. The van der Waals surface area contributed by atoms with Gasteiger partial charge in [-0.2, -0.15) is 0 Å². The van der Waals surface area contributed by atoms with Crippen LogP contribution in [0, 0.1) is 0 Å². The first kappa shape index (κ1) is 21.4. The molecule has 8 nitrogen and oxygen atoms in total. The number of amides is 3. The Morgan fingerprint density at radius 2 is 1.83 bits per heavy atom. The van der Waals surface area contributed by atoms with E-state index < -0.39 is 0 Å². The van der Waals surface area contributed by atoms with Gasteiger partial charge in [0, 0.05) is 50.6 Å². The molecule has 0 saturated carbocycles. The molecule has 1 aromatic carbocycles. The molecule has 2 saturated heterocycles. The van der Waals surface area contributed by atoms with Crippen molar-refractivity contribution in [3.05, 3.63) is 23.8 Å². The van der Waals surface area contributed by atoms with E-state index in [9.17, 15) is 9.59 Å². The van der Waals surface area contributed by atoms with E-state index in [1.54, 1.807) is 6.07 Å². The van der Waals surface area contributed by atoms with Crippen LogP contribution in [0.4, 0.5) is 16.2 Å². The van der Waals surface area contributed by atoms with Gasteiger partial charge in [0.15, 0.2) is 0 Å². The van der Waals surface area contributed by atoms with Crippen LogP contribution in [0.25, 0.3) is 0 Å². The van der Waals surface area contributed by atoms with Gasteiger partial charge in [0.1, 0.15) is 0 Å². The Morgan fingerprint density at radius 1 is 1.07 bits per heavy atom. The van der Waals surface area contributed by atoms with Crippen LogP contribution < -0.4 is 20.9 Å². The lowest BCUT2D eigenvalue weighted by molar-refractivity contribution is 0.0374. The van der Waals surface area contributed by atoms with Crippen LogP contribution in [0.15, 0.2) is 18.2 Å². The van der Waals surface area contributed by atoms with Crippen LogP contribution >= 0.6 is 0 Å². The molecular weight excluding hydrogens is 370 g/mol. The number of ether oxygens (including phenoxy) is 1. The highest BCUT2D eigenvalue weighted by Crippen LogP contribution is 2.27. The van der Waals surface area contributed by atoms with Gasteiger partial charge in [-0.3, -0.25) is 9.69 Å². The number of urea groups is 1. The zero-order chi connectivity index (χ0) is 20.5. The summed E-state index contributed by atoms with van der Waals surface area (Å²) in [5.41, 5.74) is 2.18. The summed E-state index contributed by atoms with van der Waals surface area (Å²) < 4.78 is 5.37.